The Morgan fingerprint density at radius 1 is 1.15 bits per heavy atom. The molecular formula is C31H46N4O4Si. The highest BCUT2D eigenvalue weighted by atomic mass is 28.4. The van der Waals surface area contributed by atoms with Crippen LogP contribution in [0.5, 0.6) is 0 Å². The molecule has 0 saturated heterocycles. The third-order valence-corrected chi connectivity index (χ3v) is 13.4. The van der Waals surface area contributed by atoms with Gasteiger partial charge >= 0.3 is 5.97 Å². The average molecular weight is 567 g/mol. The van der Waals surface area contributed by atoms with E-state index in [2.05, 4.69) is 75.1 Å². The number of hydrogen-bond acceptors (Lipinski definition) is 7. The highest BCUT2D eigenvalue weighted by Crippen LogP contribution is 2.42. The summed E-state index contributed by atoms with van der Waals surface area (Å²) in [5, 5.41) is 9.30. The van der Waals surface area contributed by atoms with Gasteiger partial charge in [-0.15, -0.1) is 5.10 Å². The number of carbonyl (C=O) groups is 1. The summed E-state index contributed by atoms with van der Waals surface area (Å²) >= 11 is 0. The smallest absolute Gasteiger partial charge is 0.360 e. The quantitative estimate of drug-likeness (QED) is 0.195. The fourth-order valence-electron chi connectivity index (χ4n) is 5.45. The maximum atomic E-state index is 12.0. The van der Waals surface area contributed by atoms with Gasteiger partial charge in [-0.25, -0.2) is 14.5 Å². The van der Waals surface area contributed by atoms with Crippen LogP contribution in [-0.2, 0) is 22.0 Å². The van der Waals surface area contributed by atoms with E-state index in [-0.39, 0.29) is 22.9 Å². The third-order valence-electron chi connectivity index (χ3n) is 8.86. The standard InChI is InChI=1S/C31H46N4O4Si/c1-21(2)24-14-23(16-26(18-24)39-40(7,8)31(3,4)5)15-25-19-35(34-33-25)28(17-22-12-10-9-11-13-22)29-32-27(20-38-29)30(36)37-6/h9-13,19-21,23-24,26,28H,14-18H2,1-8H3/t23?,24?,26?,28-/m0/s1. The predicted octanol–water partition coefficient (Wildman–Crippen LogP) is 6.89. The second-order valence-corrected chi connectivity index (χ2v) is 18.0. The van der Waals surface area contributed by atoms with Crippen LogP contribution in [-0.4, -0.2) is 47.5 Å². The van der Waals surface area contributed by atoms with Gasteiger partial charge in [0.15, 0.2) is 14.0 Å². The van der Waals surface area contributed by atoms with Crippen LogP contribution in [0.1, 0.15) is 87.6 Å². The predicted molar refractivity (Wildman–Crippen MR) is 158 cm³/mol. The lowest BCUT2D eigenvalue weighted by atomic mass is 9.73. The van der Waals surface area contributed by atoms with Crippen molar-refractivity contribution in [2.75, 3.05) is 7.11 Å². The van der Waals surface area contributed by atoms with E-state index in [0.29, 0.717) is 30.1 Å². The Bertz CT molecular complexity index is 1250. The zero-order chi connectivity index (χ0) is 29.1. The highest BCUT2D eigenvalue weighted by molar-refractivity contribution is 6.74. The lowest BCUT2D eigenvalue weighted by Crippen LogP contribution is -2.46. The summed E-state index contributed by atoms with van der Waals surface area (Å²) in [4.78, 5) is 16.5. The molecule has 1 fully saturated rings. The van der Waals surface area contributed by atoms with Crippen LogP contribution in [0.25, 0.3) is 0 Å². The minimum Gasteiger partial charge on any atom is -0.464 e. The number of oxazole rings is 1. The maximum absolute atomic E-state index is 12.0. The summed E-state index contributed by atoms with van der Waals surface area (Å²) in [6.45, 7) is 16.3. The second kappa shape index (κ2) is 12.4. The molecule has 40 heavy (non-hydrogen) atoms. The minimum absolute atomic E-state index is 0.144. The van der Waals surface area contributed by atoms with Crippen molar-refractivity contribution < 1.29 is 18.4 Å². The Hall–Kier alpha value is -2.78. The number of methoxy groups -OCH3 is 1. The highest BCUT2D eigenvalue weighted by Gasteiger charge is 2.41. The van der Waals surface area contributed by atoms with Gasteiger partial charge in [-0.05, 0) is 67.1 Å². The molecule has 2 heterocycles. The Kier molecular flexibility index (Phi) is 9.35. The van der Waals surface area contributed by atoms with Crippen molar-refractivity contribution in [1.82, 2.24) is 20.0 Å². The molecule has 0 amide bonds. The molecule has 1 aliphatic carbocycles. The molecule has 0 aliphatic heterocycles. The lowest BCUT2D eigenvalue weighted by molar-refractivity contribution is 0.0593. The van der Waals surface area contributed by atoms with Crippen molar-refractivity contribution in [1.29, 1.82) is 0 Å². The zero-order valence-electron chi connectivity index (χ0n) is 25.4. The van der Waals surface area contributed by atoms with Crippen LogP contribution in [0, 0.1) is 17.8 Å². The van der Waals surface area contributed by atoms with Crippen molar-refractivity contribution in [2.24, 2.45) is 17.8 Å². The Morgan fingerprint density at radius 3 is 2.52 bits per heavy atom. The first-order valence-corrected chi connectivity index (χ1v) is 17.4. The van der Waals surface area contributed by atoms with Gasteiger partial charge in [-0.1, -0.05) is 70.2 Å². The molecule has 1 aromatic carbocycles. The van der Waals surface area contributed by atoms with Gasteiger partial charge < -0.3 is 13.6 Å². The van der Waals surface area contributed by atoms with Crippen LogP contribution >= 0.6 is 0 Å². The summed E-state index contributed by atoms with van der Waals surface area (Å²) in [6.07, 6.45) is 8.47. The van der Waals surface area contributed by atoms with Gasteiger partial charge in [0.25, 0.3) is 0 Å². The van der Waals surface area contributed by atoms with Gasteiger partial charge in [0.05, 0.1) is 12.8 Å². The first-order chi connectivity index (χ1) is 18.9. The van der Waals surface area contributed by atoms with Gasteiger partial charge in [0, 0.05) is 18.7 Å². The number of nitrogens with zero attached hydrogens (tertiary/aromatic N) is 4. The topological polar surface area (TPSA) is 92.3 Å². The van der Waals surface area contributed by atoms with E-state index in [9.17, 15) is 4.79 Å². The first kappa shape index (κ1) is 30.2. The largest absolute Gasteiger partial charge is 0.464 e. The van der Waals surface area contributed by atoms with Crippen molar-refractivity contribution in [2.45, 2.75) is 97.0 Å². The number of ether oxygens (including phenoxy) is 1. The van der Waals surface area contributed by atoms with E-state index in [0.717, 1.165) is 30.5 Å². The molecule has 4 atom stereocenters. The summed E-state index contributed by atoms with van der Waals surface area (Å²) in [5.74, 6) is 1.62. The van der Waals surface area contributed by atoms with Crippen LogP contribution in [0.3, 0.4) is 0 Å². The third kappa shape index (κ3) is 7.29. The molecule has 0 spiro atoms. The maximum Gasteiger partial charge on any atom is 0.360 e. The Labute approximate surface area is 240 Å². The van der Waals surface area contributed by atoms with E-state index >= 15 is 0 Å². The zero-order valence-corrected chi connectivity index (χ0v) is 26.4. The average Bonchev–Trinajstić information content (AvgIpc) is 3.56. The molecule has 4 rings (SSSR count). The molecule has 2 aromatic heterocycles. The summed E-state index contributed by atoms with van der Waals surface area (Å²) in [5.41, 5.74) is 2.21. The summed E-state index contributed by atoms with van der Waals surface area (Å²) < 4.78 is 19.3. The van der Waals surface area contributed by atoms with E-state index in [4.69, 9.17) is 13.6 Å². The normalized spacial score (nSPS) is 21.0. The number of rotatable bonds is 10. The fourth-order valence-corrected chi connectivity index (χ4v) is 6.83. The summed E-state index contributed by atoms with van der Waals surface area (Å²) in [6, 6.07) is 9.78. The number of carbonyl (C=O) groups excluding carboxylic acids is 1. The van der Waals surface area contributed by atoms with Crippen LogP contribution in [0.15, 0.2) is 47.2 Å². The van der Waals surface area contributed by atoms with E-state index in [1.54, 1.807) is 0 Å². The van der Waals surface area contributed by atoms with Gasteiger partial charge in [0.2, 0.25) is 5.89 Å². The summed E-state index contributed by atoms with van der Waals surface area (Å²) in [7, 11) is -0.523. The lowest BCUT2D eigenvalue weighted by Gasteiger charge is -2.44. The molecule has 9 heteroatoms. The Morgan fingerprint density at radius 2 is 1.88 bits per heavy atom. The van der Waals surface area contributed by atoms with Crippen LogP contribution in [0.4, 0.5) is 0 Å². The first-order valence-electron chi connectivity index (χ1n) is 14.5. The number of benzene rings is 1. The number of hydrogen-bond donors (Lipinski definition) is 0. The van der Waals surface area contributed by atoms with Crippen molar-refractivity contribution in [3.63, 3.8) is 0 Å². The molecule has 1 aliphatic rings. The van der Waals surface area contributed by atoms with Gasteiger partial charge in [-0.2, -0.15) is 0 Å². The van der Waals surface area contributed by atoms with Crippen LogP contribution in [0.2, 0.25) is 18.1 Å². The van der Waals surface area contributed by atoms with E-state index < -0.39 is 14.3 Å². The molecule has 8 nitrogen and oxygen atoms in total. The number of aromatic nitrogens is 4. The van der Waals surface area contributed by atoms with E-state index in [1.165, 1.54) is 19.8 Å². The molecule has 0 N–H and O–H groups in total. The van der Waals surface area contributed by atoms with Crippen molar-refractivity contribution in [3.05, 3.63) is 65.6 Å². The van der Waals surface area contributed by atoms with Gasteiger partial charge in [0.1, 0.15) is 12.3 Å². The molecule has 218 valence electrons. The SMILES string of the molecule is COC(=O)c1coc([C@H](Cc2ccccc2)n2cc(CC3CC(O[Si](C)(C)C(C)(C)C)CC(C(C)C)C3)nn2)n1. The fraction of sp³-hybridized carbons (Fsp3) is 0.613. The molecule has 1 saturated carbocycles. The van der Waals surface area contributed by atoms with E-state index in [1.807, 2.05) is 29.1 Å². The minimum atomic E-state index is -1.86. The monoisotopic (exact) mass is 566 g/mol. The van der Waals surface area contributed by atoms with Crippen LogP contribution < -0.4 is 0 Å². The van der Waals surface area contributed by atoms with Crippen molar-refractivity contribution in [3.8, 4) is 0 Å². The van der Waals surface area contributed by atoms with Crippen molar-refractivity contribution >= 4 is 14.3 Å². The molecule has 3 unspecified atom stereocenters. The molecule has 3 aromatic rings. The Balaban J connectivity index is 1.54. The number of esters is 1. The second-order valence-electron chi connectivity index (χ2n) is 13.2. The molecule has 0 bridgehead atoms. The molecular weight excluding hydrogens is 520 g/mol. The van der Waals surface area contributed by atoms with Gasteiger partial charge in [-0.3, -0.25) is 0 Å². The molecule has 0 radical (unpaired) electrons.